The van der Waals surface area contributed by atoms with Crippen molar-refractivity contribution in [1.82, 2.24) is 0 Å². The van der Waals surface area contributed by atoms with Gasteiger partial charge in [-0.15, -0.1) is 0 Å². The molecule has 7 aromatic carbocycles. The maximum absolute atomic E-state index is 6.57. The number of benzene rings is 7. The molecule has 0 radical (unpaired) electrons. The average molecular weight is 538 g/mol. The van der Waals surface area contributed by atoms with Crippen LogP contribution in [-0.2, 0) is 0 Å². The van der Waals surface area contributed by atoms with Crippen molar-refractivity contribution in [2.24, 2.45) is 0 Å². The smallest absolute Gasteiger partial charge is 0.253 e. The molecule has 190 valence electrons. The third-order valence-electron chi connectivity index (χ3n) is 8.59. The van der Waals surface area contributed by atoms with Crippen LogP contribution in [0.4, 0.5) is 0 Å². The van der Waals surface area contributed by atoms with Gasteiger partial charge in [-0.05, 0) is 79.0 Å². The Kier molecular flexibility index (Phi) is 4.99. The molecule has 3 heteroatoms. The van der Waals surface area contributed by atoms with Crippen molar-refractivity contribution in [1.29, 1.82) is 0 Å². The molecule has 0 saturated heterocycles. The summed E-state index contributed by atoms with van der Waals surface area (Å²) >= 11 is 1.85. The lowest BCUT2D eigenvalue weighted by atomic mass is 9.35. The fourth-order valence-corrected chi connectivity index (χ4v) is 8.05. The molecule has 7 aromatic rings. The molecule has 0 aromatic heterocycles. The SMILES string of the molecule is c1ccc(-c2c3ccccc3c(-c3ccc4c(c3)B3c5ccccc5Sc5cccc(c53)O4)c3ccccc23)cc1. The summed E-state index contributed by atoms with van der Waals surface area (Å²) in [5.41, 5.74) is 8.90. The highest BCUT2D eigenvalue weighted by molar-refractivity contribution is 8.00. The predicted molar refractivity (Wildman–Crippen MR) is 174 cm³/mol. The van der Waals surface area contributed by atoms with Gasteiger partial charge >= 0.3 is 0 Å². The second-order valence-electron chi connectivity index (χ2n) is 10.8. The van der Waals surface area contributed by atoms with Crippen LogP contribution >= 0.6 is 11.8 Å². The Morgan fingerprint density at radius 3 is 1.78 bits per heavy atom. The largest absolute Gasteiger partial charge is 0.458 e. The van der Waals surface area contributed by atoms with Crippen LogP contribution in [0.1, 0.15) is 0 Å². The third-order valence-corrected chi connectivity index (χ3v) is 9.76. The van der Waals surface area contributed by atoms with Crippen LogP contribution in [0.25, 0.3) is 43.8 Å². The first-order valence-corrected chi connectivity index (χ1v) is 14.9. The molecule has 0 unspecified atom stereocenters. The molecule has 2 heterocycles. The average Bonchev–Trinajstić information content (AvgIpc) is 3.03. The van der Waals surface area contributed by atoms with Gasteiger partial charge < -0.3 is 4.74 Å². The molecular formula is C38H23BOS. The Hall–Kier alpha value is -4.73. The molecule has 9 rings (SSSR count). The standard InChI is InChI=1S/C38H23BOS/c1-2-11-24(12-3-1)36-26-13-4-6-15-28(26)37(29-16-7-5-14-27(29)36)25-21-22-32-31(23-25)39-30-17-8-9-19-34(30)41-35-20-10-18-33(40-32)38(35)39/h1-23H. The summed E-state index contributed by atoms with van der Waals surface area (Å²) in [7, 11) is 0. The second kappa shape index (κ2) is 8.89. The Morgan fingerprint density at radius 2 is 1.05 bits per heavy atom. The van der Waals surface area contributed by atoms with Gasteiger partial charge in [0.1, 0.15) is 11.5 Å². The molecule has 2 aliphatic heterocycles. The molecule has 1 nitrogen and oxygen atoms in total. The van der Waals surface area contributed by atoms with Gasteiger partial charge in [0.25, 0.3) is 6.71 Å². The highest BCUT2D eigenvalue weighted by Crippen LogP contribution is 2.44. The number of ether oxygens (including phenoxy) is 1. The van der Waals surface area contributed by atoms with Gasteiger partial charge in [-0.25, -0.2) is 0 Å². The minimum Gasteiger partial charge on any atom is -0.458 e. The minimum atomic E-state index is 0.142. The molecule has 2 aliphatic rings. The van der Waals surface area contributed by atoms with E-state index in [0.717, 1.165) is 11.5 Å². The molecule has 0 fully saturated rings. The van der Waals surface area contributed by atoms with Gasteiger partial charge in [0.15, 0.2) is 0 Å². The topological polar surface area (TPSA) is 9.23 Å². The Balaban J connectivity index is 1.34. The summed E-state index contributed by atoms with van der Waals surface area (Å²) < 4.78 is 6.57. The first-order valence-electron chi connectivity index (χ1n) is 14.1. The highest BCUT2D eigenvalue weighted by Gasteiger charge is 2.39. The van der Waals surface area contributed by atoms with Crippen molar-refractivity contribution in [2.45, 2.75) is 9.79 Å². The minimum absolute atomic E-state index is 0.142. The van der Waals surface area contributed by atoms with Crippen molar-refractivity contribution in [3.63, 3.8) is 0 Å². The number of rotatable bonds is 2. The zero-order valence-electron chi connectivity index (χ0n) is 22.2. The summed E-state index contributed by atoms with van der Waals surface area (Å²) in [6, 6.07) is 50.6. The fourth-order valence-electron chi connectivity index (χ4n) is 6.89. The van der Waals surface area contributed by atoms with E-state index in [2.05, 4.69) is 140 Å². The maximum Gasteiger partial charge on any atom is 0.253 e. The second-order valence-corrected chi connectivity index (χ2v) is 11.9. The summed E-state index contributed by atoms with van der Waals surface area (Å²) in [6.07, 6.45) is 0. The van der Waals surface area contributed by atoms with Gasteiger partial charge in [-0.3, -0.25) is 0 Å². The molecule has 0 N–H and O–H groups in total. The van der Waals surface area contributed by atoms with Gasteiger partial charge in [0.05, 0.1) is 0 Å². The molecule has 0 saturated carbocycles. The Morgan fingerprint density at radius 1 is 0.439 bits per heavy atom. The molecule has 0 aliphatic carbocycles. The lowest BCUT2D eigenvalue weighted by Crippen LogP contribution is -2.57. The van der Waals surface area contributed by atoms with Crippen LogP contribution in [-0.4, -0.2) is 6.71 Å². The Bertz CT molecular complexity index is 2100. The zero-order valence-corrected chi connectivity index (χ0v) is 23.0. The van der Waals surface area contributed by atoms with E-state index in [-0.39, 0.29) is 6.71 Å². The normalized spacial score (nSPS) is 12.9. The van der Waals surface area contributed by atoms with E-state index < -0.39 is 0 Å². The fraction of sp³-hybridized carbons (Fsp3) is 0. The van der Waals surface area contributed by atoms with Crippen LogP contribution in [0.2, 0.25) is 0 Å². The van der Waals surface area contributed by atoms with E-state index in [1.54, 1.807) is 0 Å². The molecule has 0 spiro atoms. The van der Waals surface area contributed by atoms with Gasteiger partial charge in [0.2, 0.25) is 0 Å². The number of hydrogen-bond acceptors (Lipinski definition) is 2. The van der Waals surface area contributed by atoms with Crippen molar-refractivity contribution >= 4 is 56.4 Å². The van der Waals surface area contributed by atoms with Crippen LogP contribution in [0.15, 0.2) is 149 Å². The van der Waals surface area contributed by atoms with Gasteiger partial charge in [0, 0.05) is 9.79 Å². The van der Waals surface area contributed by atoms with Gasteiger partial charge in [-0.1, -0.05) is 132 Å². The van der Waals surface area contributed by atoms with Crippen LogP contribution in [0.3, 0.4) is 0 Å². The Labute approximate surface area is 243 Å². The molecule has 41 heavy (non-hydrogen) atoms. The van der Waals surface area contributed by atoms with E-state index in [4.69, 9.17) is 4.74 Å². The predicted octanol–water partition coefficient (Wildman–Crippen LogP) is 8.41. The first kappa shape index (κ1) is 23.0. The number of fused-ring (bicyclic) bond motifs is 6. The molecular weight excluding hydrogens is 515 g/mol. The molecule has 0 atom stereocenters. The van der Waals surface area contributed by atoms with Crippen LogP contribution in [0, 0.1) is 0 Å². The third kappa shape index (κ3) is 3.39. The first-order chi connectivity index (χ1) is 20.3. The highest BCUT2D eigenvalue weighted by atomic mass is 32.2. The summed E-state index contributed by atoms with van der Waals surface area (Å²) in [4.78, 5) is 2.61. The molecule has 0 bridgehead atoms. The van der Waals surface area contributed by atoms with Crippen molar-refractivity contribution in [3.8, 4) is 33.8 Å². The number of hydrogen-bond donors (Lipinski definition) is 0. The summed E-state index contributed by atoms with van der Waals surface area (Å²) in [6.45, 7) is 0.142. The lowest BCUT2D eigenvalue weighted by Gasteiger charge is -2.33. The lowest BCUT2D eigenvalue weighted by molar-refractivity contribution is 0.486. The van der Waals surface area contributed by atoms with E-state index in [1.807, 2.05) is 11.8 Å². The monoisotopic (exact) mass is 538 g/mol. The van der Waals surface area contributed by atoms with E-state index >= 15 is 0 Å². The molecule has 0 amide bonds. The van der Waals surface area contributed by atoms with Crippen molar-refractivity contribution < 1.29 is 4.74 Å². The van der Waals surface area contributed by atoms with Crippen LogP contribution < -0.4 is 21.1 Å². The van der Waals surface area contributed by atoms with E-state index in [1.165, 1.54) is 70.0 Å². The van der Waals surface area contributed by atoms with E-state index in [0.29, 0.717) is 0 Å². The zero-order chi connectivity index (χ0) is 26.9. The van der Waals surface area contributed by atoms with Crippen molar-refractivity contribution in [2.75, 3.05) is 0 Å². The quantitative estimate of drug-likeness (QED) is 0.161. The summed E-state index contributed by atoms with van der Waals surface area (Å²) in [5.74, 6) is 1.91. The van der Waals surface area contributed by atoms with E-state index in [9.17, 15) is 0 Å². The van der Waals surface area contributed by atoms with Crippen molar-refractivity contribution in [3.05, 3.63) is 140 Å². The summed E-state index contributed by atoms with van der Waals surface area (Å²) in [5, 5.41) is 5.08. The van der Waals surface area contributed by atoms with Gasteiger partial charge in [-0.2, -0.15) is 0 Å². The van der Waals surface area contributed by atoms with Crippen LogP contribution in [0.5, 0.6) is 11.5 Å². The maximum atomic E-state index is 6.57.